The Labute approximate surface area is 204 Å². The summed E-state index contributed by atoms with van der Waals surface area (Å²) in [6.45, 7) is 7.33. The Bertz CT molecular complexity index is 1090. The first kappa shape index (κ1) is 26.1. The summed E-state index contributed by atoms with van der Waals surface area (Å²) in [5, 5.41) is 9.99. The molecule has 188 valence electrons. The number of hydroxylamine groups is 1. The van der Waals surface area contributed by atoms with Crippen LogP contribution in [0.3, 0.4) is 0 Å². The molecule has 0 bridgehead atoms. The summed E-state index contributed by atoms with van der Waals surface area (Å²) in [5.74, 6) is -2.16. The smallest absolute Gasteiger partial charge is 0.252 e. The van der Waals surface area contributed by atoms with E-state index < -0.39 is 47.4 Å². The van der Waals surface area contributed by atoms with Crippen molar-refractivity contribution in [1.82, 2.24) is 21.4 Å². The minimum atomic E-state index is -1.21. The fourth-order valence-corrected chi connectivity index (χ4v) is 3.27. The number of hydrogen-bond acceptors (Lipinski definition) is 6. The van der Waals surface area contributed by atoms with E-state index in [1.807, 2.05) is 42.5 Å². The van der Waals surface area contributed by atoms with Gasteiger partial charge in [0.25, 0.3) is 5.91 Å². The van der Waals surface area contributed by atoms with Crippen LogP contribution in [0.4, 0.5) is 0 Å². The van der Waals surface area contributed by atoms with Crippen molar-refractivity contribution in [2.75, 3.05) is 6.61 Å². The number of nitrogens with one attached hydrogen (secondary N) is 4. The lowest BCUT2D eigenvalue weighted by atomic mass is 10.0. The van der Waals surface area contributed by atoms with Crippen molar-refractivity contribution in [2.45, 2.75) is 64.4 Å². The first-order valence-electron chi connectivity index (χ1n) is 11.5. The summed E-state index contributed by atoms with van der Waals surface area (Å²) in [6, 6.07) is 11.6. The lowest BCUT2D eigenvalue weighted by Crippen LogP contribution is -2.54. The van der Waals surface area contributed by atoms with E-state index in [9.17, 15) is 19.2 Å². The van der Waals surface area contributed by atoms with E-state index in [4.69, 9.17) is 9.57 Å². The summed E-state index contributed by atoms with van der Waals surface area (Å²) >= 11 is 0. The first-order chi connectivity index (χ1) is 16.5. The predicted molar refractivity (Wildman–Crippen MR) is 129 cm³/mol. The SMILES string of the molecule is C[C@H](NC(=O)[C@H](CC(=O)NOC(C)(C)C)NC(=O)C1CO1)C(=O)NCc1cccc2ccccc12. The number of fused-ring (bicyclic) bond motifs is 1. The Balaban J connectivity index is 1.57. The van der Waals surface area contributed by atoms with Gasteiger partial charge in [-0.1, -0.05) is 42.5 Å². The standard InChI is InChI=1S/C25H32N4O6/c1-15(22(31)26-13-17-10-7-9-16-8-5-6-11-18(16)17)27-23(32)19(28-24(33)20-14-34-20)12-21(30)29-35-25(2,3)4/h5-11,15,19-20H,12-14H2,1-4H3,(H,26,31)(H,27,32)(H,28,33)(H,29,30)/t15-,19-,20?/m0/s1. The lowest BCUT2D eigenvalue weighted by Gasteiger charge is -2.22. The Kier molecular flexibility index (Phi) is 8.42. The van der Waals surface area contributed by atoms with Crippen LogP contribution in [0.15, 0.2) is 42.5 Å². The van der Waals surface area contributed by atoms with Crippen molar-refractivity contribution >= 4 is 34.4 Å². The molecule has 1 heterocycles. The maximum atomic E-state index is 12.9. The topological polar surface area (TPSA) is 138 Å². The van der Waals surface area contributed by atoms with Gasteiger partial charge >= 0.3 is 0 Å². The summed E-state index contributed by atoms with van der Waals surface area (Å²) in [7, 11) is 0. The van der Waals surface area contributed by atoms with E-state index in [1.54, 1.807) is 20.8 Å². The van der Waals surface area contributed by atoms with Gasteiger partial charge in [-0.15, -0.1) is 0 Å². The molecular formula is C25H32N4O6. The minimum absolute atomic E-state index is 0.256. The van der Waals surface area contributed by atoms with Gasteiger partial charge in [0.2, 0.25) is 17.7 Å². The molecule has 0 saturated carbocycles. The fraction of sp³-hybridized carbons (Fsp3) is 0.440. The molecule has 0 aliphatic carbocycles. The van der Waals surface area contributed by atoms with Gasteiger partial charge in [-0.3, -0.25) is 24.0 Å². The highest BCUT2D eigenvalue weighted by atomic mass is 16.7. The van der Waals surface area contributed by atoms with Crippen molar-refractivity contribution < 1.29 is 28.8 Å². The summed E-state index contributed by atoms with van der Waals surface area (Å²) in [4.78, 5) is 55.2. The molecule has 1 aliphatic heterocycles. The average molecular weight is 485 g/mol. The fourth-order valence-electron chi connectivity index (χ4n) is 3.27. The average Bonchev–Trinajstić information content (AvgIpc) is 3.66. The highest BCUT2D eigenvalue weighted by Crippen LogP contribution is 2.18. The molecule has 10 heteroatoms. The van der Waals surface area contributed by atoms with Gasteiger partial charge in [0.05, 0.1) is 18.6 Å². The van der Waals surface area contributed by atoms with Crippen molar-refractivity contribution in [3.8, 4) is 0 Å². The zero-order valence-electron chi connectivity index (χ0n) is 20.3. The van der Waals surface area contributed by atoms with Gasteiger partial charge < -0.3 is 20.7 Å². The van der Waals surface area contributed by atoms with E-state index >= 15 is 0 Å². The van der Waals surface area contributed by atoms with E-state index in [-0.39, 0.29) is 19.6 Å². The Morgan fingerprint density at radius 2 is 1.71 bits per heavy atom. The third-order valence-corrected chi connectivity index (χ3v) is 5.20. The largest absolute Gasteiger partial charge is 0.363 e. The van der Waals surface area contributed by atoms with Gasteiger partial charge in [-0.25, -0.2) is 5.48 Å². The number of benzene rings is 2. The van der Waals surface area contributed by atoms with Gasteiger partial charge in [0.1, 0.15) is 12.1 Å². The van der Waals surface area contributed by atoms with Gasteiger partial charge in [-0.05, 0) is 44.0 Å². The van der Waals surface area contributed by atoms with Crippen LogP contribution >= 0.6 is 0 Å². The molecule has 3 rings (SSSR count). The third kappa shape index (κ3) is 8.04. The van der Waals surface area contributed by atoms with Crippen LogP contribution in [0, 0.1) is 0 Å². The van der Waals surface area contributed by atoms with Crippen LogP contribution in [-0.4, -0.2) is 54.0 Å². The van der Waals surface area contributed by atoms with E-state index in [1.165, 1.54) is 6.92 Å². The number of carbonyl (C=O) groups is 4. The second-order valence-corrected chi connectivity index (χ2v) is 9.41. The summed E-state index contributed by atoms with van der Waals surface area (Å²) in [6.07, 6.45) is -1.01. The highest BCUT2D eigenvalue weighted by Gasteiger charge is 2.35. The third-order valence-electron chi connectivity index (χ3n) is 5.20. The number of ether oxygens (including phenoxy) is 1. The zero-order valence-corrected chi connectivity index (χ0v) is 20.3. The van der Waals surface area contributed by atoms with Crippen molar-refractivity contribution in [3.05, 3.63) is 48.0 Å². The molecule has 1 aliphatic rings. The van der Waals surface area contributed by atoms with E-state index in [2.05, 4.69) is 21.4 Å². The van der Waals surface area contributed by atoms with Crippen LogP contribution in [0.25, 0.3) is 10.8 Å². The normalized spacial score (nSPS) is 16.6. The van der Waals surface area contributed by atoms with E-state index in [0.29, 0.717) is 0 Å². The highest BCUT2D eigenvalue weighted by molar-refractivity contribution is 5.95. The molecule has 2 aromatic carbocycles. The molecule has 1 fully saturated rings. The van der Waals surface area contributed by atoms with Gasteiger partial charge in [-0.2, -0.15) is 0 Å². The van der Waals surface area contributed by atoms with Crippen LogP contribution in [0.5, 0.6) is 0 Å². The first-order valence-corrected chi connectivity index (χ1v) is 11.5. The molecule has 0 radical (unpaired) electrons. The molecule has 2 aromatic rings. The lowest BCUT2D eigenvalue weighted by molar-refractivity contribution is -0.147. The monoisotopic (exact) mass is 484 g/mol. The molecule has 10 nitrogen and oxygen atoms in total. The molecule has 0 spiro atoms. The molecule has 4 N–H and O–H groups in total. The number of carbonyl (C=O) groups excluding carboxylic acids is 4. The molecule has 35 heavy (non-hydrogen) atoms. The molecule has 4 amide bonds. The van der Waals surface area contributed by atoms with Crippen molar-refractivity contribution in [1.29, 1.82) is 0 Å². The number of amides is 4. The second-order valence-electron chi connectivity index (χ2n) is 9.41. The van der Waals surface area contributed by atoms with Crippen LogP contribution in [0.1, 0.15) is 39.7 Å². The summed E-state index contributed by atoms with van der Waals surface area (Å²) < 4.78 is 4.94. The van der Waals surface area contributed by atoms with E-state index in [0.717, 1.165) is 16.3 Å². The Hall–Kier alpha value is -3.50. The van der Waals surface area contributed by atoms with Crippen molar-refractivity contribution in [3.63, 3.8) is 0 Å². The van der Waals surface area contributed by atoms with Crippen LogP contribution < -0.4 is 21.4 Å². The maximum absolute atomic E-state index is 12.9. The Morgan fingerprint density at radius 1 is 1.03 bits per heavy atom. The zero-order chi connectivity index (χ0) is 25.6. The molecular weight excluding hydrogens is 452 g/mol. The van der Waals surface area contributed by atoms with Crippen LogP contribution in [-0.2, 0) is 35.3 Å². The Morgan fingerprint density at radius 3 is 2.40 bits per heavy atom. The molecule has 1 unspecified atom stereocenters. The summed E-state index contributed by atoms with van der Waals surface area (Å²) in [5.41, 5.74) is 2.59. The number of hydrogen-bond donors (Lipinski definition) is 4. The van der Waals surface area contributed by atoms with Gasteiger partial charge in [0, 0.05) is 6.54 Å². The quantitative estimate of drug-likeness (QED) is 0.294. The molecule has 0 aromatic heterocycles. The maximum Gasteiger partial charge on any atom is 0.252 e. The number of epoxide rings is 1. The second kappa shape index (κ2) is 11.3. The number of rotatable bonds is 10. The predicted octanol–water partition coefficient (Wildman–Crippen LogP) is 1.08. The minimum Gasteiger partial charge on any atom is -0.363 e. The molecule has 1 saturated heterocycles. The van der Waals surface area contributed by atoms with Gasteiger partial charge in [0.15, 0.2) is 6.10 Å². The van der Waals surface area contributed by atoms with Crippen molar-refractivity contribution in [2.24, 2.45) is 0 Å². The van der Waals surface area contributed by atoms with Crippen LogP contribution in [0.2, 0.25) is 0 Å². The molecule has 3 atom stereocenters.